The topological polar surface area (TPSA) is 38.5 Å². The van der Waals surface area contributed by atoms with E-state index in [0.29, 0.717) is 6.04 Å². The van der Waals surface area contributed by atoms with E-state index in [9.17, 15) is 0 Å². The SMILES string of the molecule is COc1ccc(CN2CCCCC2CN)c2ccccc12. The van der Waals surface area contributed by atoms with Crippen molar-refractivity contribution in [3.05, 3.63) is 42.0 Å². The van der Waals surface area contributed by atoms with Crippen molar-refractivity contribution in [2.75, 3.05) is 20.2 Å². The average molecular weight is 284 g/mol. The summed E-state index contributed by atoms with van der Waals surface area (Å²) in [6.07, 6.45) is 3.82. The fourth-order valence-electron chi connectivity index (χ4n) is 3.40. The Hall–Kier alpha value is -1.58. The first-order valence-corrected chi connectivity index (χ1v) is 7.82. The first kappa shape index (κ1) is 14.4. The van der Waals surface area contributed by atoms with Crippen LogP contribution >= 0.6 is 0 Å². The molecule has 3 rings (SSSR count). The number of nitrogens with two attached hydrogens (primary N) is 1. The van der Waals surface area contributed by atoms with Crippen molar-refractivity contribution in [3.8, 4) is 5.75 Å². The quantitative estimate of drug-likeness (QED) is 0.937. The van der Waals surface area contributed by atoms with Gasteiger partial charge in [0.05, 0.1) is 7.11 Å². The Morgan fingerprint density at radius 3 is 2.71 bits per heavy atom. The highest BCUT2D eigenvalue weighted by Crippen LogP contribution is 2.30. The molecule has 21 heavy (non-hydrogen) atoms. The number of hydrogen-bond acceptors (Lipinski definition) is 3. The van der Waals surface area contributed by atoms with Gasteiger partial charge in [-0.3, -0.25) is 4.90 Å². The Labute approximate surface area is 126 Å². The van der Waals surface area contributed by atoms with E-state index >= 15 is 0 Å². The van der Waals surface area contributed by atoms with Gasteiger partial charge in [0.2, 0.25) is 0 Å². The molecule has 112 valence electrons. The van der Waals surface area contributed by atoms with E-state index in [0.717, 1.165) is 25.4 Å². The Morgan fingerprint density at radius 1 is 1.14 bits per heavy atom. The van der Waals surface area contributed by atoms with Gasteiger partial charge in [0.1, 0.15) is 5.75 Å². The van der Waals surface area contributed by atoms with Crippen LogP contribution in [-0.2, 0) is 6.54 Å². The molecule has 3 heteroatoms. The molecule has 1 saturated heterocycles. The highest BCUT2D eigenvalue weighted by molar-refractivity contribution is 5.91. The molecular weight excluding hydrogens is 260 g/mol. The Balaban J connectivity index is 1.93. The lowest BCUT2D eigenvalue weighted by atomic mass is 9.99. The largest absolute Gasteiger partial charge is 0.496 e. The lowest BCUT2D eigenvalue weighted by Gasteiger charge is -2.35. The summed E-state index contributed by atoms with van der Waals surface area (Å²) < 4.78 is 5.48. The maximum absolute atomic E-state index is 5.94. The number of rotatable bonds is 4. The van der Waals surface area contributed by atoms with Crippen LogP contribution in [0.15, 0.2) is 36.4 Å². The zero-order valence-electron chi connectivity index (χ0n) is 12.7. The number of likely N-dealkylation sites (tertiary alicyclic amines) is 1. The highest BCUT2D eigenvalue weighted by Gasteiger charge is 2.21. The van der Waals surface area contributed by atoms with Crippen molar-refractivity contribution in [2.24, 2.45) is 5.73 Å². The molecule has 3 nitrogen and oxygen atoms in total. The van der Waals surface area contributed by atoms with Gasteiger partial charge in [0.15, 0.2) is 0 Å². The van der Waals surface area contributed by atoms with Crippen LogP contribution in [0.4, 0.5) is 0 Å². The summed E-state index contributed by atoms with van der Waals surface area (Å²) in [4.78, 5) is 2.54. The van der Waals surface area contributed by atoms with Gasteiger partial charge >= 0.3 is 0 Å². The van der Waals surface area contributed by atoms with Crippen molar-refractivity contribution < 1.29 is 4.74 Å². The summed E-state index contributed by atoms with van der Waals surface area (Å²) in [7, 11) is 1.73. The van der Waals surface area contributed by atoms with Gasteiger partial charge in [-0.25, -0.2) is 0 Å². The van der Waals surface area contributed by atoms with Crippen LogP contribution < -0.4 is 10.5 Å². The highest BCUT2D eigenvalue weighted by atomic mass is 16.5. The molecule has 0 aliphatic carbocycles. The van der Waals surface area contributed by atoms with Gasteiger partial charge < -0.3 is 10.5 Å². The van der Waals surface area contributed by atoms with Gasteiger partial charge in [-0.2, -0.15) is 0 Å². The maximum atomic E-state index is 5.94. The van der Waals surface area contributed by atoms with Crippen LogP contribution in [0.25, 0.3) is 10.8 Å². The lowest BCUT2D eigenvalue weighted by Crippen LogP contribution is -2.43. The van der Waals surface area contributed by atoms with Crippen molar-refractivity contribution >= 4 is 10.8 Å². The molecule has 2 aromatic carbocycles. The second kappa shape index (κ2) is 6.46. The zero-order chi connectivity index (χ0) is 14.7. The van der Waals surface area contributed by atoms with Crippen molar-refractivity contribution in [2.45, 2.75) is 31.8 Å². The van der Waals surface area contributed by atoms with E-state index in [1.807, 2.05) is 0 Å². The van der Waals surface area contributed by atoms with Crippen LogP contribution in [0.1, 0.15) is 24.8 Å². The minimum absolute atomic E-state index is 0.527. The van der Waals surface area contributed by atoms with Crippen LogP contribution in [0.5, 0.6) is 5.75 Å². The molecule has 1 fully saturated rings. The van der Waals surface area contributed by atoms with Gasteiger partial charge in [0, 0.05) is 24.5 Å². The molecule has 1 heterocycles. The summed E-state index contributed by atoms with van der Waals surface area (Å²) in [6.45, 7) is 2.89. The predicted molar refractivity (Wildman–Crippen MR) is 87.6 cm³/mol. The second-order valence-corrected chi connectivity index (χ2v) is 5.83. The molecule has 0 amide bonds. The maximum Gasteiger partial charge on any atom is 0.126 e. The molecule has 1 atom stereocenters. The summed E-state index contributed by atoms with van der Waals surface area (Å²) in [5, 5.41) is 2.48. The monoisotopic (exact) mass is 284 g/mol. The number of piperidine rings is 1. The minimum atomic E-state index is 0.527. The number of hydrogen-bond donors (Lipinski definition) is 1. The van der Waals surface area contributed by atoms with Crippen LogP contribution in [0, 0.1) is 0 Å². The number of nitrogens with zero attached hydrogens (tertiary/aromatic N) is 1. The smallest absolute Gasteiger partial charge is 0.126 e. The van der Waals surface area contributed by atoms with Gasteiger partial charge in [-0.15, -0.1) is 0 Å². The second-order valence-electron chi connectivity index (χ2n) is 5.83. The van der Waals surface area contributed by atoms with E-state index in [-0.39, 0.29) is 0 Å². The predicted octanol–water partition coefficient (Wildman–Crippen LogP) is 3.16. The van der Waals surface area contributed by atoms with E-state index < -0.39 is 0 Å². The lowest BCUT2D eigenvalue weighted by molar-refractivity contribution is 0.145. The molecule has 2 N–H and O–H groups in total. The normalized spacial score (nSPS) is 19.8. The van der Waals surface area contributed by atoms with E-state index in [2.05, 4.69) is 41.3 Å². The number of methoxy groups -OCH3 is 1. The fraction of sp³-hybridized carbons (Fsp3) is 0.444. The van der Waals surface area contributed by atoms with Crippen molar-refractivity contribution in [1.82, 2.24) is 4.90 Å². The molecule has 0 saturated carbocycles. The Bertz CT molecular complexity index is 611. The fourth-order valence-corrected chi connectivity index (χ4v) is 3.40. The third-order valence-corrected chi connectivity index (χ3v) is 4.59. The molecule has 0 spiro atoms. The molecule has 0 bridgehead atoms. The first-order valence-electron chi connectivity index (χ1n) is 7.82. The summed E-state index contributed by atoms with van der Waals surface area (Å²) >= 11 is 0. The summed E-state index contributed by atoms with van der Waals surface area (Å²) in [6, 6.07) is 13.3. The van der Waals surface area contributed by atoms with Crippen LogP contribution in [0.2, 0.25) is 0 Å². The summed E-state index contributed by atoms with van der Waals surface area (Å²) in [5.41, 5.74) is 7.31. The molecule has 1 unspecified atom stereocenters. The minimum Gasteiger partial charge on any atom is -0.496 e. The summed E-state index contributed by atoms with van der Waals surface area (Å²) in [5.74, 6) is 0.948. The third kappa shape index (κ3) is 2.89. The standard InChI is InChI=1S/C18H24N2O/c1-21-18-10-9-14(16-7-2-3-8-17(16)18)13-20-11-5-4-6-15(20)12-19/h2-3,7-10,15H,4-6,11-13,19H2,1H3. The number of benzene rings is 2. The average Bonchev–Trinajstić information content (AvgIpc) is 2.55. The zero-order valence-corrected chi connectivity index (χ0v) is 12.7. The van der Waals surface area contributed by atoms with E-state index in [1.165, 1.54) is 35.6 Å². The van der Waals surface area contributed by atoms with E-state index in [4.69, 9.17) is 10.5 Å². The molecule has 1 aliphatic rings. The van der Waals surface area contributed by atoms with Crippen LogP contribution in [0.3, 0.4) is 0 Å². The molecule has 0 aromatic heterocycles. The third-order valence-electron chi connectivity index (χ3n) is 4.59. The first-order chi connectivity index (χ1) is 10.3. The van der Waals surface area contributed by atoms with Crippen LogP contribution in [-0.4, -0.2) is 31.1 Å². The molecule has 0 radical (unpaired) electrons. The molecule has 1 aliphatic heterocycles. The van der Waals surface area contributed by atoms with Crippen molar-refractivity contribution in [3.63, 3.8) is 0 Å². The van der Waals surface area contributed by atoms with Gasteiger partial charge in [-0.1, -0.05) is 36.8 Å². The molecular formula is C18H24N2O. The Kier molecular flexibility index (Phi) is 4.42. The number of ether oxygens (including phenoxy) is 1. The Morgan fingerprint density at radius 2 is 1.95 bits per heavy atom. The molecule has 2 aromatic rings. The van der Waals surface area contributed by atoms with E-state index in [1.54, 1.807) is 7.11 Å². The van der Waals surface area contributed by atoms with Gasteiger partial charge in [-0.05, 0) is 36.4 Å². The van der Waals surface area contributed by atoms with Gasteiger partial charge in [0.25, 0.3) is 0 Å². The van der Waals surface area contributed by atoms with Crippen molar-refractivity contribution in [1.29, 1.82) is 0 Å². The number of fused-ring (bicyclic) bond motifs is 1.